The molecular weight excluding hydrogens is 779 g/mol. The summed E-state index contributed by atoms with van der Waals surface area (Å²) >= 11 is 0. The van der Waals surface area contributed by atoms with Crippen molar-refractivity contribution in [1.29, 1.82) is 0 Å². The fraction of sp³-hybridized carbons (Fsp3) is 0. The molecule has 4 nitrogen and oxygen atoms in total. The van der Waals surface area contributed by atoms with E-state index in [9.17, 15) is 0 Å². The number of rotatable bonds is 8. The third-order valence-electron chi connectivity index (χ3n) is 12.3. The third kappa shape index (κ3) is 6.57. The molecule has 0 unspecified atom stereocenters. The number of anilines is 6. The second-order valence-corrected chi connectivity index (χ2v) is 16.2. The molecule has 1 aliphatic heterocycles. The number of hydrogen-bond donors (Lipinski definition) is 0. The molecule has 0 amide bonds. The Morgan fingerprint density at radius 1 is 0.297 bits per heavy atom. The van der Waals surface area contributed by atoms with Crippen molar-refractivity contribution in [2.24, 2.45) is 0 Å². The topological polar surface area (TPSA) is 20.6 Å². The lowest BCUT2D eigenvalue weighted by molar-refractivity contribution is 0.477. The van der Waals surface area contributed by atoms with Gasteiger partial charge in [0.05, 0.1) is 22.4 Å². The minimum absolute atomic E-state index is 0.819. The zero-order valence-corrected chi connectivity index (χ0v) is 34.9. The van der Waals surface area contributed by atoms with Crippen molar-refractivity contribution in [2.75, 3.05) is 9.80 Å². The maximum Gasteiger partial charge on any atom is 0.152 e. The quantitative estimate of drug-likeness (QED) is 0.152. The van der Waals surface area contributed by atoms with Gasteiger partial charge in [-0.3, -0.25) is 0 Å². The molecule has 0 N–H and O–H groups in total. The molecule has 11 aromatic rings. The highest BCUT2D eigenvalue weighted by molar-refractivity contribution is 6.10. The van der Waals surface area contributed by atoms with Crippen LogP contribution < -0.4 is 14.5 Å². The summed E-state index contributed by atoms with van der Waals surface area (Å²) in [5, 5.41) is 2.45. The van der Waals surface area contributed by atoms with Crippen molar-refractivity contribution < 1.29 is 4.74 Å². The van der Waals surface area contributed by atoms with Crippen LogP contribution in [0.25, 0.3) is 60.9 Å². The van der Waals surface area contributed by atoms with E-state index < -0.39 is 0 Å². The van der Waals surface area contributed by atoms with Crippen LogP contribution in [0.15, 0.2) is 249 Å². The number of aromatic nitrogens is 1. The Labute approximate surface area is 372 Å². The Hall–Kier alpha value is -8.60. The van der Waals surface area contributed by atoms with E-state index in [1.165, 1.54) is 27.4 Å². The largest absolute Gasteiger partial charge is 0.453 e. The highest BCUT2D eigenvalue weighted by Crippen LogP contribution is 2.52. The minimum Gasteiger partial charge on any atom is -0.453 e. The standard InChI is InChI=1S/C60H41N3O/c1-4-16-42(17-5-1)45-20-15-25-52(39-45)63-56-28-12-13-29-59(56)64-60-41-47(31-37-57(60)63)44-19-14-18-43(38-44)46-30-36-54-53-26-10-11-27-55(53)62(58(54)40-46)51-34-32-50(33-35-51)61(48-21-6-2-7-22-48)49-23-8-3-9-24-49/h1-41H. The molecule has 0 atom stereocenters. The van der Waals surface area contributed by atoms with Crippen LogP contribution in [-0.2, 0) is 0 Å². The van der Waals surface area contributed by atoms with E-state index in [1.54, 1.807) is 0 Å². The molecule has 0 fully saturated rings. The van der Waals surface area contributed by atoms with Crippen molar-refractivity contribution in [1.82, 2.24) is 4.57 Å². The first-order valence-electron chi connectivity index (χ1n) is 21.7. The number of para-hydroxylation sites is 5. The number of benzene rings is 10. The molecule has 12 rings (SSSR count). The second-order valence-electron chi connectivity index (χ2n) is 16.2. The van der Waals surface area contributed by atoms with Crippen LogP contribution in [0.5, 0.6) is 11.5 Å². The van der Waals surface area contributed by atoms with E-state index in [1.807, 2.05) is 12.1 Å². The smallest absolute Gasteiger partial charge is 0.152 e. The second kappa shape index (κ2) is 15.7. The Morgan fingerprint density at radius 3 is 1.58 bits per heavy atom. The first kappa shape index (κ1) is 37.2. The first-order valence-corrected chi connectivity index (χ1v) is 21.7. The van der Waals surface area contributed by atoms with Gasteiger partial charge in [0.2, 0.25) is 0 Å². The van der Waals surface area contributed by atoms with Crippen LogP contribution in [-0.4, -0.2) is 4.57 Å². The fourth-order valence-corrected chi connectivity index (χ4v) is 9.33. The Kier molecular flexibility index (Phi) is 9.12. The van der Waals surface area contributed by atoms with Crippen LogP contribution in [0.4, 0.5) is 34.1 Å². The van der Waals surface area contributed by atoms with Gasteiger partial charge in [0.15, 0.2) is 11.5 Å². The highest BCUT2D eigenvalue weighted by atomic mass is 16.5. The van der Waals surface area contributed by atoms with Gasteiger partial charge < -0.3 is 19.1 Å². The van der Waals surface area contributed by atoms with Gasteiger partial charge in [0, 0.05) is 39.2 Å². The molecule has 0 bridgehead atoms. The van der Waals surface area contributed by atoms with Crippen molar-refractivity contribution >= 4 is 55.9 Å². The molecule has 0 saturated heterocycles. The van der Waals surface area contributed by atoms with Crippen molar-refractivity contribution in [3.63, 3.8) is 0 Å². The molecule has 0 spiro atoms. The van der Waals surface area contributed by atoms with Gasteiger partial charge in [-0.05, 0) is 137 Å². The zero-order chi connectivity index (χ0) is 42.4. The fourth-order valence-electron chi connectivity index (χ4n) is 9.33. The summed E-state index contributed by atoms with van der Waals surface area (Å²) in [4.78, 5) is 4.61. The van der Waals surface area contributed by atoms with Gasteiger partial charge >= 0.3 is 0 Å². The summed E-state index contributed by atoms with van der Waals surface area (Å²) in [6.07, 6.45) is 0. The average molecular weight is 820 g/mol. The third-order valence-corrected chi connectivity index (χ3v) is 12.3. The SMILES string of the molecule is c1ccc(-c2cccc(N3c4ccccc4Oc4cc(-c5cccc(-c6ccc7c8ccccc8n(-c8ccc(N(c9ccccc9)c9ccccc9)cc8)c7c6)c5)ccc43)c2)cc1. The van der Waals surface area contributed by atoms with Gasteiger partial charge in [-0.15, -0.1) is 0 Å². The first-order chi connectivity index (χ1) is 31.7. The normalized spacial score (nSPS) is 11.8. The summed E-state index contributed by atoms with van der Waals surface area (Å²) < 4.78 is 9.07. The van der Waals surface area contributed by atoms with Crippen LogP contribution >= 0.6 is 0 Å². The number of nitrogens with zero attached hydrogens (tertiary/aromatic N) is 3. The van der Waals surface area contributed by atoms with E-state index in [2.05, 4.69) is 251 Å². The number of ether oxygens (including phenoxy) is 1. The maximum atomic E-state index is 6.67. The molecule has 0 saturated carbocycles. The highest BCUT2D eigenvalue weighted by Gasteiger charge is 2.26. The lowest BCUT2D eigenvalue weighted by atomic mass is 9.97. The molecule has 0 aliphatic carbocycles. The van der Waals surface area contributed by atoms with Crippen molar-refractivity contribution in [2.45, 2.75) is 0 Å². The van der Waals surface area contributed by atoms with Crippen LogP contribution in [0.3, 0.4) is 0 Å². The lowest BCUT2D eigenvalue weighted by Gasteiger charge is -2.33. The van der Waals surface area contributed by atoms with Crippen LogP contribution in [0.2, 0.25) is 0 Å². The monoisotopic (exact) mass is 819 g/mol. The van der Waals surface area contributed by atoms with Crippen molar-refractivity contribution in [3.05, 3.63) is 249 Å². The Bertz CT molecular complexity index is 3430. The predicted octanol–water partition coefficient (Wildman–Crippen LogP) is 16.8. The minimum atomic E-state index is 0.819. The Balaban J connectivity index is 0.910. The summed E-state index contributed by atoms with van der Waals surface area (Å²) in [5.41, 5.74) is 16.8. The van der Waals surface area contributed by atoms with Gasteiger partial charge in [0.1, 0.15) is 0 Å². The summed E-state index contributed by atoms with van der Waals surface area (Å²) in [5.74, 6) is 1.65. The average Bonchev–Trinajstić information content (AvgIpc) is 3.70. The molecule has 4 heteroatoms. The van der Waals surface area contributed by atoms with Crippen molar-refractivity contribution in [3.8, 4) is 50.6 Å². The van der Waals surface area contributed by atoms with E-state index in [0.717, 1.165) is 79.1 Å². The summed E-state index contributed by atoms with van der Waals surface area (Å²) in [7, 11) is 0. The lowest BCUT2D eigenvalue weighted by Crippen LogP contribution is -2.15. The van der Waals surface area contributed by atoms with E-state index in [0.29, 0.717) is 0 Å². The van der Waals surface area contributed by atoms with E-state index in [4.69, 9.17) is 4.74 Å². The van der Waals surface area contributed by atoms with E-state index in [-0.39, 0.29) is 0 Å². The molecule has 1 aliphatic rings. The summed E-state index contributed by atoms with van der Waals surface area (Å²) in [6, 6.07) is 88.6. The van der Waals surface area contributed by atoms with Gasteiger partial charge in [-0.2, -0.15) is 0 Å². The van der Waals surface area contributed by atoms with Gasteiger partial charge in [-0.25, -0.2) is 0 Å². The van der Waals surface area contributed by atoms with Gasteiger partial charge in [0.25, 0.3) is 0 Å². The molecular formula is C60H41N3O. The predicted molar refractivity (Wildman–Crippen MR) is 267 cm³/mol. The molecule has 1 aromatic heterocycles. The molecule has 302 valence electrons. The maximum absolute atomic E-state index is 6.67. The number of fused-ring (bicyclic) bond motifs is 5. The van der Waals surface area contributed by atoms with Crippen LogP contribution in [0.1, 0.15) is 0 Å². The van der Waals surface area contributed by atoms with E-state index >= 15 is 0 Å². The Morgan fingerprint density at radius 2 is 0.828 bits per heavy atom. The molecule has 10 aromatic carbocycles. The van der Waals surface area contributed by atoms with Crippen LogP contribution in [0, 0.1) is 0 Å². The number of hydrogen-bond acceptors (Lipinski definition) is 3. The van der Waals surface area contributed by atoms with Gasteiger partial charge in [-0.1, -0.05) is 146 Å². The molecule has 64 heavy (non-hydrogen) atoms. The summed E-state index contributed by atoms with van der Waals surface area (Å²) in [6.45, 7) is 0. The zero-order valence-electron chi connectivity index (χ0n) is 34.9. The molecule has 0 radical (unpaired) electrons. The molecule has 2 heterocycles.